The van der Waals surface area contributed by atoms with Gasteiger partial charge in [0.05, 0.1) is 17.7 Å². The third-order valence-electron chi connectivity index (χ3n) is 2.42. The second-order valence-electron chi connectivity index (χ2n) is 3.85. The topological polar surface area (TPSA) is 107 Å². The maximum atomic E-state index is 12.2. The molecule has 0 bridgehead atoms. The van der Waals surface area contributed by atoms with Gasteiger partial charge < -0.3 is 10.5 Å². The molecule has 0 spiro atoms. The van der Waals surface area contributed by atoms with Crippen molar-refractivity contribution >= 4 is 44.7 Å². The number of nitrogens with one attached hydrogen (secondary N) is 1. The van der Waals surface area contributed by atoms with Crippen molar-refractivity contribution in [3.8, 4) is 5.75 Å². The van der Waals surface area contributed by atoms with Crippen LogP contribution >= 0.6 is 23.2 Å². The first-order chi connectivity index (χ1) is 9.81. The Balaban J connectivity index is 2.36. The molecule has 3 N–H and O–H groups in total. The quantitative estimate of drug-likeness (QED) is 0.498. The van der Waals surface area contributed by atoms with Crippen LogP contribution in [0, 0.1) is 0 Å². The minimum Gasteiger partial charge on any atom is -0.495 e. The van der Waals surface area contributed by atoms with Gasteiger partial charge in [0.25, 0.3) is 10.0 Å². The standard InChI is InChI=1S/C11H10Cl2N4O3S/c1-20-8-3-2-6(4-7(8)14)21(18,19)17-10-5-9(12)15-11(13)16-10/h2-5H,14H2,1H3,(H,15,16,17). The summed E-state index contributed by atoms with van der Waals surface area (Å²) in [5, 5.41) is -0.156. The summed E-state index contributed by atoms with van der Waals surface area (Å²) in [6, 6.07) is 5.30. The van der Waals surface area contributed by atoms with Gasteiger partial charge in [0.2, 0.25) is 5.28 Å². The van der Waals surface area contributed by atoms with E-state index in [2.05, 4.69) is 14.7 Å². The van der Waals surface area contributed by atoms with Crippen LogP contribution in [0.15, 0.2) is 29.2 Å². The van der Waals surface area contributed by atoms with Gasteiger partial charge in [0, 0.05) is 6.07 Å². The molecule has 0 aliphatic carbocycles. The van der Waals surface area contributed by atoms with E-state index in [9.17, 15) is 8.42 Å². The maximum absolute atomic E-state index is 12.2. The van der Waals surface area contributed by atoms with E-state index in [4.69, 9.17) is 33.7 Å². The zero-order valence-electron chi connectivity index (χ0n) is 10.7. The normalized spacial score (nSPS) is 11.2. The van der Waals surface area contributed by atoms with Crippen molar-refractivity contribution in [2.75, 3.05) is 17.6 Å². The van der Waals surface area contributed by atoms with E-state index in [1.165, 1.54) is 31.4 Å². The molecule has 2 rings (SSSR count). The van der Waals surface area contributed by atoms with Crippen molar-refractivity contribution in [1.29, 1.82) is 0 Å². The Kier molecular flexibility index (Phi) is 4.40. The summed E-state index contributed by atoms with van der Waals surface area (Å²) in [5.41, 5.74) is 5.88. The number of nitrogens with zero attached hydrogens (tertiary/aromatic N) is 2. The zero-order chi connectivity index (χ0) is 15.6. The fourth-order valence-electron chi connectivity index (χ4n) is 1.52. The molecule has 21 heavy (non-hydrogen) atoms. The summed E-state index contributed by atoms with van der Waals surface area (Å²) in [7, 11) is -2.45. The lowest BCUT2D eigenvalue weighted by atomic mass is 10.3. The Morgan fingerprint density at radius 2 is 1.95 bits per heavy atom. The molecule has 0 radical (unpaired) electrons. The van der Waals surface area contributed by atoms with Crippen molar-refractivity contribution in [3.05, 3.63) is 34.7 Å². The number of hydrogen-bond acceptors (Lipinski definition) is 6. The molecular formula is C11H10Cl2N4O3S. The first-order valence-electron chi connectivity index (χ1n) is 5.48. The van der Waals surface area contributed by atoms with Crippen LogP contribution in [-0.2, 0) is 10.0 Å². The lowest BCUT2D eigenvalue weighted by molar-refractivity contribution is 0.416. The molecule has 0 aliphatic rings. The molecular weight excluding hydrogens is 339 g/mol. The average molecular weight is 349 g/mol. The van der Waals surface area contributed by atoms with E-state index in [0.717, 1.165) is 0 Å². The van der Waals surface area contributed by atoms with Crippen LogP contribution in [0.1, 0.15) is 0 Å². The summed E-state index contributed by atoms with van der Waals surface area (Å²) in [6.45, 7) is 0. The van der Waals surface area contributed by atoms with Crippen LogP contribution < -0.4 is 15.2 Å². The fourth-order valence-corrected chi connectivity index (χ4v) is 2.95. The highest BCUT2D eigenvalue weighted by atomic mass is 35.5. The minimum atomic E-state index is -3.89. The van der Waals surface area contributed by atoms with Crippen molar-refractivity contribution in [2.45, 2.75) is 4.90 Å². The Morgan fingerprint density at radius 3 is 2.52 bits per heavy atom. The maximum Gasteiger partial charge on any atom is 0.263 e. The number of nitrogen functional groups attached to an aromatic ring is 1. The highest BCUT2D eigenvalue weighted by molar-refractivity contribution is 7.92. The summed E-state index contributed by atoms with van der Waals surface area (Å²) in [6.07, 6.45) is 0. The van der Waals surface area contributed by atoms with Gasteiger partial charge in [0.15, 0.2) is 0 Å². The molecule has 0 amide bonds. The van der Waals surface area contributed by atoms with Crippen molar-refractivity contribution < 1.29 is 13.2 Å². The predicted molar refractivity (Wildman–Crippen MR) is 80.3 cm³/mol. The number of sulfonamides is 1. The van der Waals surface area contributed by atoms with E-state index in [0.29, 0.717) is 5.75 Å². The van der Waals surface area contributed by atoms with E-state index < -0.39 is 10.0 Å². The van der Waals surface area contributed by atoms with E-state index in [1.54, 1.807) is 0 Å². The molecule has 10 heteroatoms. The molecule has 0 aliphatic heterocycles. The number of benzene rings is 1. The number of hydrogen-bond donors (Lipinski definition) is 2. The lowest BCUT2D eigenvalue weighted by Gasteiger charge is -2.10. The van der Waals surface area contributed by atoms with Gasteiger partial charge in [-0.15, -0.1) is 0 Å². The largest absolute Gasteiger partial charge is 0.495 e. The molecule has 1 aromatic heterocycles. The number of nitrogens with two attached hydrogens (primary N) is 1. The van der Waals surface area contributed by atoms with Crippen LogP contribution in [-0.4, -0.2) is 25.5 Å². The van der Waals surface area contributed by atoms with Gasteiger partial charge in [-0.05, 0) is 29.8 Å². The van der Waals surface area contributed by atoms with Crippen LogP contribution in [0.4, 0.5) is 11.5 Å². The van der Waals surface area contributed by atoms with Crippen molar-refractivity contribution in [3.63, 3.8) is 0 Å². The summed E-state index contributed by atoms with van der Waals surface area (Å²) in [4.78, 5) is 7.30. The highest BCUT2D eigenvalue weighted by Gasteiger charge is 2.17. The first kappa shape index (κ1) is 15.6. The smallest absolute Gasteiger partial charge is 0.263 e. The van der Waals surface area contributed by atoms with Crippen LogP contribution in [0.2, 0.25) is 10.4 Å². The van der Waals surface area contributed by atoms with Crippen LogP contribution in [0.3, 0.4) is 0 Å². The highest BCUT2D eigenvalue weighted by Crippen LogP contribution is 2.25. The van der Waals surface area contributed by atoms with Gasteiger partial charge in [-0.1, -0.05) is 11.6 Å². The van der Waals surface area contributed by atoms with Gasteiger partial charge in [-0.25, -0.2) is 13.4 Å². The molecule has 0 atom stereocenters. The minimum absolute atomic E-state index is 0.0157. The Labute approximate surface area is 131 Å². The number of methoxy groups -OCH3 is 1. The number of rotatable bonds is 4. The van der Waals surface area contributed by atoms with Crippen molar-refractivity contribution in [1.82, 2.24) is 9.97 Å². The number of aromatic nitrogens is 2. The summed E-state index contributed by atoms with van der Waals surface area (Å²) >= 11 is 11.3. The molecule has 0 fully saturated rings. The summed E-state index contributed by atoms with van der Waals surface area (Å²) in [5.74, 6) is 0.330. The average Bonchev–Trinajstić information content (AvgIpc) is 2.36. The molecule has 0 unspecified atom stereocenters. The van der Waals surface area contributed by atoms with E-state index in [1.807, 2.05) is 0 Å². The van der Waals surface area contributed by atoms with Gasteiger partial charge in [0.1, 0.15) is 16.7 Å². The Hall–Kier alpha value is -1.77. The number of halogens is 2. The third kappa shape index (κ3) is 3.66. The molecule has 7 nitrogen and oxygen atoms in total. The van der Waals surface area contributed by atoms with Gasteiger partial charge >= 0.3 is 0 Å². The lowest BCUT2D eigenvalue weighted by Crippen LogP contribution is -2.14. The molecule has 1 aromatic carbocycles. The SMILES string of the molecule is COc1ccc(S(=O)(=O)Nc2cc(Cl)nc(Cl)n2)cc1N. The van der Waals surface area contributed by atoms with Gasteiger partial charge in [-0.2, -0.15) is 4.98 Å². The molecule has 112 valence electrons. The first-order valence-corrected chi connectivity index (χ1v) is 7.72. The third-order valence-corrected chi connectivity index (χ3v) is 4.13. The molecule has 0 saturated carbocycles. The number of ether oxygens (including phenoxy) is 1. The molecule has 2 aromatic rings. The van der Waals surface area contributed by atoms with E-state index in [-0.39, 0.29) is 26.8 Å². The van der Waals surface area contributed by atoms with Crippen LogP contribution in [0.5, 0.6) is 5.75 Å². The second kappa shape index (κ2) is 5.92. The Morgan fingerprint density at radius 1 is 1.24 bits per heavy atom. The van der Waals surface area contributed by atoms with E-state index >= 15 is 0 Å². The molecule has 0 saturated heterocycles. The van der Waals surface area contributed by atoms with Crippen LogP contribution in [0.25, 0.3) is 0 Å². The zero-order valence-corrected chi connectivity index (χ0v) is 13.0. The second-order valence-corrected chi connectivity index (χ2v) is 6.26. The Bertz CT molecular complexity index is 763. The monoisotopic (exact) mass is 348 g/mol. The predicted octanol–water partition coefficient (Wildman–Crippen LogP) is 2.17. The van der Waals surface area contributed by atoms with Gasteiger partial charge in [-0.3, -0.25) is 4.72 Å². The molecule has 1 heterocycles. The fraction of sp³-hybridized carbons (Fsp3) is 0.0909. The number of anilines is 2. The van der Waals surface area contributed by atoms with Crippen molar-refractivity contribution in [2.24, 2.45) is 0 Å². The summed E-state index contributed by atoms with van der Waals surface area (Å²) < 4.78 is 31.6.